The Labute approximate surface area is 135 Å². The number of aliphatic carboxylic acids is 1. The van der Waals surface area contributed by atoms with Gasteiger partial charge in [-0.05, 0) is 61.1 Å². The van der Waals surface area contributed by atoms with Crippen LogP contribution < -0.4 is 5.32 Å². The molecule has 1 spiro atoms. The van der Waals surface area contributed by atoms with E-state index in [4.69, 9.17) is 0 Å². The molecule has 0 heterocycles. The first-order valence-electron chi connectivity index (χ1n) is 8.23. The van der Waals surface area contributed by atoms with E-state index in [2.05, 4.69) is 11.4 Å². The summed E-state index contributed by atoms with van der Waals surface area (Å²) in [6.45, 7) is 3.93. The molecule has 3 aliphatic carbocycles. The second kappa shape index (κ2) is 4.70. The fourth-order valence-electron chi connectivity index (χ4n) is 4.78. The number of carboxylic acids is 1. The van der Waals surface area contributed by atoms with E-state index in [0.29, 0.717) is 0 Å². The lowest BCUT2D eigenvalue weighted by Crippen LogP contribution is -2.36. The molecular weight excluding hydrogens is 290 g/mol. The SMILES string of the molecule is Cc1ccc(C)c(NC(=O)[C@H]2[C@@H](C(=O)O)[C@@H]3C=C[C@H]2C32CC2)c1. The first-order valence-corrected chi connectivity index (χ1v) is 8.23. The summed E-state index contributed by atoms with van der Waals surface area (Å²) in [6.07, 6.45) is 6.22. The summed E-state index contributed by atoms with van der Waals surface area (Å²) in [6, 6.07) is 5.92. The number of rotatable bonds is 3. The summed E-state index contributed by atoms with van der Waals surface area (Å²) in [4.78, 5) is 24.7. The van der Waals surface area contributed by atoms with Crippen molar-refractivity contribution >= 4 is 17.6 Å². The Kier molecular flexibility index (Phi) is 2.96. The Morgan fingerprint density at radius 3 is 2.39 bits per heavy atom. The van der Waals surface area contributed by atoms with Crippen molar-refractivity contribution in [1.82, 2.24) is 0 Å². The highest BCUT2D eigenvalue weighted by molar-refractivity contribution is 5.97. The van der Waals surface area contributed by atoms with Crippen LogP contribution in [0.2, 0.25) is 0 Å². The maximum atomic E-state index is 12.9. The van der Waals surface area contributed by atoms with Crippen LogP contribution in [-0.2, 0) is 9.59 Å². The van der Waals surface area contributed by atoms with E-state index in [9.17, 15) is 14.7 Å². The van der Waals surface area contributed by atoms with Gasteiger partial charge < -0.3 is 10.4 Å². The molecule has 120 valence electrons. The molecule has 1 amide bonds. The van der Waals surface area contributed by atoms with Crippen LogP contribution in [0.15, 0.2) is 30.4 Å². The molecule has 0 saturated heterocycles. The van der Waals surface area contributed by atoms with Crippen molar-refractivity contribution in [3.63, 3.8) is 0 Å². The lowest BCUT2D eigenvalue weighted by atomic mass is 9.82. The number of nitrogens with one attached hydrogen (secondary N) is 1. The van der Waals surface area contributed by atoms with Crippen molar-refractivity contribution in [3.05, 3.63) is 41.5 Å². The van der Waals surface area contributed by atoms with Gasteiger partial charge in [0.25, 0.3) is 0 Å². The molecule has 2 N–H and O–H groups in total. The maximum absolute atomic E-state index is 12.9. The minimum atomic E-state index is -0.839. The Balaban J connectivity index is 1.64. The second-order valence-electron chi connectivity index (χ2n) is 7.37. The van der Waals surface area contributed by atoms with Gasteiger partial charge in [-0.15, -0.1) is 0 Å². The first kappa shape index (κ1) is 14.5. The number of allylic oxidation sites excluding steroid dienone is 2. The van der Waals surface area contributed by atoms with Gasteiger partial charge in [-0.3, -0.25) is 9.59 Å². The largest absolute Gasteiger partial charge is 0.481 e. The number of hydrogen-bond acceptors (Lipinski definition) is 2. The molecule has 0 aliphatic heterocycles. The fourth-order valence-corrected chi connectivity index (χ4v) is 4.78. The number of amides is 1. The highest BCUT2D eigenvalue weighted by Crippen LogP contribution is 2.72. The Bertz CT molecular complexity index is 732. The van der Waals surface area contributed by atoms with Crippen molar-refractivity contribution in [2.75, 3.05) is 5.32 Å². The number of hydrogen-bond donors (Lipinski definition) is 2. The zero-order valence-corrected chi connectivity index (χ0v) is 13.4. The van der Waals surface area contributed by atoms with E-state index >= 15 is 0 Å². The molecule has 4 nitrogen and oxygen atoms in total. The molecule has 4 atom stereocenters. The summed E-state index contributed by atoms with van der Waals surface area (Å²) < 4.78 is 0. The minimum absolute atomic E-state index is 0.0272. The number of aryl methyl sites for hydroxylation is 2. The van der Waals surface area contributed by atoms with Crippen LogP contribution >= 0.6 is 0 Å². The van der Waals surface area contributed by atoms with Crippen LogP contribution in [0.25, 0.3) is 0 Å². The number of carboxylic acid groups (broad SMARTS) is 1. The summed E-state index contributed by atoms with van der Waals surface area (Å²) >= 11 is 0. The number of carbonyl (C=O) groups is 2. The number of benzene rings is 1. The van der Waals surface area contributed by atoms with Gasteiger partial charge in [0.2, 0.25) is 5.91 Å². The molecular formula is C19H21NO3. The van der Waals surface area contributed by atoms with Crippen molar-refractivity contribution in [3.8, 4) is 0 Å². The Morgan fingerprint density at radius 1 is 1.13 bits per heavy atom. The van der Waals surface area contributed by atoms with Gasteiger partial charge in [-0.1, -0.05) is 24.3 Å². The quantitative estimate of drug-likeness (QED) is 0.843. The van der Waals surface area contributed by atoms with Crippen LogP contribution in [0.1, 0.15) is 24.0 Å². The van der Waals surface area contributed by atoms with Gasteiger partial charge in [0.05, 0.1) is 11.8 Å². The average Bonchev–Trinajstić information content (AvgIpc) is 3.16. The van der Waals surface area contributed by atoms with Gasteiger partial charge >= 0.3 is 5.97 Å². The van der Waals surface area contributed by atoms with Gasteiger partial charge in [-0.25, -0.2) is 0 Å². The standard InChI is InChI=1S/C19H21NO3/c1-10-3-4-11(2)14(9-10)20-17(21)15-12-5-6-13(16(15)18(22)23)19(12)7-8-19/h3-6,9,12-13,15-16H,7-8H2,1-2H3,(H,20,21)(H,22,23)/t12-,13+,15-,16+/m1/s1. The van der Waals surface area contributed by atoms with Gasteiger partial charge in [0, 0.05) is 5.69 Å². The Hall–Kier alpha value is -2.10. The van der Waals surface area contributed by atoms with Crippen LogP contribution in [-0.4, -0.2) is 17.0 Å². The zero-order valence-electron chi connectivity index (χ0n) is 13.4. The summed E-state index contributed by atoms with van der Waals surface area (Å²) in [5.74, 6) is -1.91. The van der Waals surface area contributed by atoms with E-state index < -0.39 is 17.8 Å². The topological polar surface area (TPSA) is 66.4 Å². The molecule has 2 saturated carbocycles. The normalized spacial score (nSPS) is 32.3. The fraction of sp³-hybridized carbons (Fsp3) is 0.474. The molecule has 1 aromatic carbocycles. The summed E-state index contributed by atoms with van der Waals surface area (Å²) in [5.41, 5.74) is 2.92. The molecule has 0 unspecified atom stereocenters. The van der Waals surface area contributed by atoms with E-state index in [1.54, 1.807) is 0 Å². The van der Waals surface area contributed by atoms with Crippen molar-refractivity contribution in [2.24, 2.45) is 29.1 Å². The summed E-state index contributed by atoms with van der Waals surface area (Å²) in [7, 11) is 0. The van der Waals surface area contributed by atoms with Crippen molar-refractivity contribution in [1.29, 1.82) is 0 Å². The van der Waals surface area contributed by atoms with E-state index in [1.165, 1.54) is 0 Å². The zero-order chi connectivity index (χ0) is 16.4. The Morgan fingerprint density at radius 2 is 1.78 bits per heavy atom. The van der Waals surface area contributed by atoms with Crippen LogP contribution in [0, 0.1) is 42.9 Å². The van der Waals surface area contributed by atoms with E-state index in [-0.39, 0.29) is 23.2 Å². The van der Waals surface area contributed by atoms with Gasteiger partial charge in [-0.2, -0.15) is 0 Å². The van der Waals surface area contributed by atoms with Crippen molar-refractivity contribution in [2.45, 2.75) is 26.7 Å². The lowest BCUT2D eigenvalue weighted by molar-refractivity contribution is -0.146. The van der Waals surface area contributed by atoms with Crippen molar-refractivity contribution < 1.29 is 14.7 Å². The molecule has 4 rings (SSSR count). The van der Waals surface area contributed by atoms with Gasteiger partial charge in [0.15, 0.2) is 0 Å². The monoisotopic (exact) mass is 311 g/mol. The van der Waals surface area contributed by atoms with E-state index in [0.717, 1.165) is 29.7 Å². The molecule has 0 radical (unpaired) electrons. The smallest absolute Gasteiger partial charge is 0.307 e. The first-order chi connectivity index (χ1) is 10.9. The predicted octanol–water partition coefficient (Wildman–Crippen LogP) is 3.15. The lowest BCUT2D eigenvalue weighted by Gasteiger charge is -2.24. The third-order valence-corrected chi connectivity index (χ3v) is 6.08. The highest BCUT2D eigenvalue weighted by atomic mass is 16.4. The minimum Gasteiger partial charge on any atom is -0.481 e. The average molecular weight is 311 g/mol. The highest BCUT2D eigenvalue weighted by Gasteiger charge is 2.70. The van der Waals surface area contributed by atoms with Crippen LogP contribution in [0.4, 0.5) is 5.69 Å². The van der Waals surface area contributed by atoms with Gasteiger partial charge in [0.1, 0.15) is 0 Å². The molecule has 4 heteroatoms. The molecule has 1 aromatic rings. The molecule has 23 heavy (non-hydrogen) atoms. The molecule has 2 fully saturated rings. The number of anilines is 1. The number of carbonyl (C=O) groups excluding carboxylic acids is 1. The predicted molar refractivity (Wildman–Crippen MR) is 86.9 cm³/mol. The third-order valence-electron chi connectivity index (χ3n) is 6.08. The third kappa shape index (κ3) is 1.97. The second-order valence-corrected chi connectivity index (χ2v) is 7.37. The van der Waals surface area contributed by atoms with Crippen LogP contribution in [0.3, 0.4) is 0 Å². The molecule has 2 bridgehead atoms. The maximum Gasteiger partial charge on any atom is 0.307 e. The molecule has 3 aliphatic rings. The summed E-state index contributed by atoms with van der Waals surface area (Å²) in [5, 5.41) is 12.7. The van der Waals surface area contributed by atoms with E-state index in [1.807, 2.05) is 38.1 Å². The van der Waals surface area contributed by atoms with Crippen LogP contribution in [0.5, 0.6) is 0 Å². The molecule has 0 aromatic heterocycles.